The fourth-order valence-corrected chi connectivity index (χ4v) is 3.89. The Morgan fingerprint density at radius 1 is 0.971 bits per heavy atom. The molecular formula is C22H18F5N7. The molecule has 4 aromatic rings. The number of hydrogen-bond donors (Lipinski definition) is 3. The number of rotatable bonds is 4. The zero-order valence-corrected chi connectivity index (χ0v) is 17.5. The number of alkyl halides is 3. The Balaban J connectivity index is 1.62. The van der Waals surface area contributed by atoms with Gasteiger partial charge in [-0.25, -0.2) is 13.8 Å². The van der Waals surface area contributed by atoms with Crippen molar-refractivity contribution in [2.45, 2.75) is 6.18 Å². The smallest absolute Gasteiger partial charge is 0.354 e. The highest BCUT2D eigenvalue weighted by molar-refractivity contribution is 5.91. The van der Waals surface area contributed by atoms with Gasteiger partial charge in [-0.15, -0.1) is 0 Å². The Bertz CT molecular complexity index is 1350. The maximum atomic E-state index is 14.1. The van der Waals surface area contributed by atoms with Gasteiger partial charge in [-0.1, -0.05) is 18.2 Å². The molecule has 3 heterocycles. The van der Waals surface area contributed by atoms with Crippen LogP contribution in [0.5, 0.6) is 0 Å². The molecule has 1 fully saturated rings. The standard InChI is InChI=1S/C22H18F5N7/c23-12-9-14-19(16(24)10-12)32-33-20(14)31-21-29-17(11-18(30-21)34-7-5-28-6-8-34)13-3-1-2-4-15(13)22(25,26)27/h1-4,9-11,28H,5-8H2,(H2,29,30,31,32,33). The molecule has 1 aliphatic heterocycles. The summed E-state index contributed by atoms with van der Waals surface area (Å²) in [5.41, 5.74) is -0.915. The van der Waals surface area contributed by atoms with Gasteiger partial charge < -0.3 is 15.5 Å². The first-order valence-corrected chi connectivity index (χ1v) is 10.4. The zero-order chi connectivity index (χ0) is 23.9. The van der Waals surface area contributed by atoms with Crippen molar-refractivity contribution in [3.05, 3.63) is 59.7 Å². The summed E-state index contributed by atoms with van der Waals surface area (Å²) in [5, 5.41) is 12.6. The lowest BCUT2D eigenvalue weighted by atomic mass is 10.0. The Hall–Kier alpha value is -3.80. The molecule has 0 aliphatic carbocycles. The van der Waals surface area contributed by atoms with Gasteiger partial charge in [-0.3, -0.25) is 5.10 Å². The molecule has 2 aromatic carbocycles. The lowest BCUT2D eigenvalue weighted by Gasteiger charge is -2.29. The number of nitrogens with one attached hydrogen (secondary N) is 3. The maximum Gasteiger partial charge on any atom is 0.417 e. The van der Waals surface area contributed by atoms with Crippen LogP contribution < -0.4 is 15.5 Å². The Morgan fingerprint density at radius 3 is 2.50 bits per heavy atom. The second kappa shape index (κ2) is 8.52. The number of H-pyrrole nitrogens is 1. The molecule has 2 aromatic heterocycles. The van der Waals surface area contributed by atoms with E-state index in [2.05, 4.69) is 30.8 Å². The highest BCUT2D eigenvalue weighted by Gasteiger charge is 2.34. The number of fused-ring (bicyclic) bond motifs is 1. The van der Waals surface area contributed by atoms with E-state index in [0.29, 0.717) is 32.0 Å². The van der Waals surface area contributed by atoms with E-state index < -0.39 is 23.4 Å². The highest BCUT2D eigenvalue weighted by atomic mass is 19.4. The molecule has 0 atom stereocenters. The van der Waals surface area contributed by atoms with Crippen molar-refractivity contribution in [3.8, 4) is 11.3 Å². The van der Waals surface area contributed by atoms with E-state index in [1.165, 1.54) is 24.3 Å². The fourth-order valence-electron chi connectivity index (χ4n) is 3.89. The number of benzene rings is 2. The summed E-state index contributed by atoms with van der Waals surface area (Å²) < 4.78 is 68.9. The summed E-state index contributed by atoms with van der Waals surface area (Å²) in [5.74, 6) is -1.22. The fraction of sp³-hybridized carbons (Fsp3) is 0.227. The quantitative estimate of drug-likeness (QED) is 0.378. The first-order chi connectivity index (χ1) is 16.3. The van der Waals surface area contributed by atoms with Crippen molar-refractivity contribution in [1.82, 2.24) is 25.5 Å². The summed E-state index contributed by atoms with van der Waals surface area (Å²) >= 11 is 0. The molecule has 1 saturated heterocycles. The topological polar surface area (TPSA) is 81.8 Å². The van der Waals surface area contributed by atoms with Gasteiger partial charge >= 0.3 is 6.18 Å². The van der Waals surface area contributed by atoms with Crippen molar-refractivity contribution in [3.63, 3.8) is 0 Å². The number of piperazine rings is 1. The normalized spacial score (nSPS) is 14.6. The minimum atomic E-state index is -4.59. The first kappa shape index (κ1) is 22.0. The molecular weight excluding hydrogens is 457 g/mol. The van der Waals surface area contributed by atoms with Crippen LogP contribution in [0.15, 0.2) is 42.5 Å². The minimum Gasteiger partial charge on any atom is -0.354 e. The van der Waals surface area contributed by atoms with Crippen molar-refractivity contribution in [1.29, 1.82) is 0 Å². The van der Waals surface area contributed by atoms with Crippen molar-refractivity contribution >= 4 is 28.5 Å². The van der Waals surface area contributed by atoms with Crippen LogP contribution in [-0.2, 0) is 6.18 Å². The minimum absolute atomic E-state index is 0.0233. The number of aromatic nitrogens is 4. The second-order valence-corrected chi connectivity index (χ2v) is 7.72. The Labute approximate surface area is 190 Å². The molecule has 0 unspecified atom stereocenters. The number of hydrogen-bond acceptors (Lipinski definition) is 6. The van der Waals surface area contributed by atoms with Crippen LogP contribution in [0.25, 0.3) is 22.2 Å². The third-order valence-electron chi connectivity index (χ3n) is 5.48. The summed E-state index contributed by atoms with van der Waals surface area (Å²) in [6, 6.07) is 8.44. The number of halogens is 5. The SMILES string of the molecule is Fc1cc(F)c2[nH]nc(Nc3nc(-c4ccccc4C(F)(F)F)cc(N4CCNCC4)n3)c2c1. The summed E-state index contributed by atoms with van der Waals surface area (Å²) in [6.07, 6.45) is -4.59. The lowest BCUT2D eigenvalue weighted by molar-refractivity contribution is -0.137. The average Bonchev–Trinajstić information content (AvgIpc) is 3.21. The van der Waals surface area contributed by atoms with Gasteiger partial charge in [0.2, 0.25) is 5.95 Å². The van der Waals surface area contributed by atoms with Crippen molar-refractivity contribution in [2.24, 2.45) is 0 Å². The third kappa shape index (κ3) is 4.23. The molecule has 7 nitrogen and oxygen atoms in total. The highest BCUT2D eigenvalue weighted by Crippen LogP contribution is 2.37. The van der Waals surface area contributed by atoms with E-state index in [9.17, 15) is 22.0 Å². The lowest BCUT2D eigenvalue weighted by Crippen LogP contribution is -2.44. The number of nitrogens with zero attached hydrogens (tertiary/aromatic N) is 4. The van der Waals surface area contributed by atoms with Crippen LogP contribution in [0.2, 0.25) is 0 Å². The second-order valence-electron chi connectivity index (χ2n) is 7.72. The van der Waals surface area contributed by atoms with E-state index in [1.807, 2.05) is 4.90 Å². The van der Waals surface area contributed by atoms with Gasteiger partial charge in [0.1, 0.15) is 17.2 Å². The molecule has 0 spiro atoms. The van der Waals surface area contributed by atoms with Gasteiger partial charge in [0.05, 0.1) is 16.6 Å². The molecule has 0 radical (unpaired) electrons. The van der Waals surface area contributed by atoms with Crippen LogP contribution in [0, 0.1) is 11.6 Å². The van der Waals surface area contributed by atoms with Gasteiger partial charge in [0, 0.05) is 43.9 Å². The summed E-state index contributed by atoms with van der Waals surface area (Å²) in [7, 11) is 0. The van der Waals surface area contributed by atoms with Crippen LogP contribution in [0.1, 0.15) is 5.56 Å². The van der Waals surface area contributed by atoms with Gasteiger partial charge in [-0.05, 0) is 12.1 Å². The summed E-state index contributed by atoms with van der Waals surface area (Å²) in [6.45, 7) is 2.56. The molecule has 0 amide bonds. The zero-order valence-electron chi connectivity index (χ0n) is 17.5. The maximum absolute atomic E-state index is 14.1. The molecule has 1 aliphatic rings. The van der Waals surface area contributed by atoms with Crippen LogP contribution >= 0.6 is 0 Å². The predicted molar refractivity (Wildman–Crippen MR) is 117 cm³/mol. The van der Waals surface area contributed by atoms with E-state index in [0.717, 1.165) is 18.2 Å². The molecule has 176 valence electrons. The summed E-state index contributed by atoms with van der Waals surface area (Å²) in [4.78, 5) is 10.7. The molecule has 34 heavy (non-hydrogen) atoms. The van der Waals surface area contributed by atoms with E-state index in [4.69, 9.17) is 0 Å². The van der Waals surface area contributed by atoms with E-state index in [1.54, 1.807) is 0 Å². The van der Waals surface area contributed by atoms with Gasteiger partial charge in [0.25, 0.3) is 0 Å². The largest absolute Gasteiger partial charge is 0.417 e. The third-order valence-corrected chi connectivity index (χ3v) is 5.48. The number of anilines is 3. The van der Waals surface area contributed by atoms with Gasteiger partial charge in [-0.2, -0.15) is 23.3 Å². The van der Waals surface area contributed by atoms with Crippen molar-refractivity contribution in [2.75, 3.05) is 36.4 Å². The Kier molecular flexibility index (Phi) is 5.52. The van der Waals surface area contributed by atoms with Crippen molar-refractivity contribution < 1.29 is 22.0 Å². The van der Waals surface area contributed by atoms with Crippen LogP contribution in [-0.4, -0.2) is 46.3 Å². The van der Waals surface area contributed by atoms with Crippen LogP contribution in [0.3, 0.4) is 0 Å². The van der Waals surface area contributed by atoms with Gasteiger partial charge in [0.15, 0.2) is 11.6 Å². The van der Waals surface area contributed by atoms with E-state index >= 15 is 0 Å². The number of aromatic amines is 1. The van der Waals surface area contributed by atoms with E-state index in [-0.39, 0.29) is 33.9 Å². The Morgan fingerprint density at radius 2 is 1.74 bits per heavy atom. The first-order valence-electron chi connectivity index (χ1n) is 10.4. The molecule has 3 N–H and O–H groups in total. The molecule has 5 rings (SSSR count). The van der Waals surface area contributed by atoms with Crippen LogP contribution in [0.4, 0.5) is 39.5 Å². The molecule has 12 heteroatoms. The average molecular weight is 475 g/mol. The monoisotopic (exact) mass is 475 g/mol. The molecule has 0 saturated carbocycles. The predicted octanol–water partition coefficient (Wildman–Crippen LogP) is 4.47. The molecule has 0 bridgehead atoms.